The molecule has 0 spiro atoms. The van der Waals surface area contributed by atoms with Crippen LogP contribution in [0, 0.1) is 11.8 Å². The number of amides is 2. The van der Waals surface area contributed by atoms with Crippen LogP contribution in [0.5, 0.6) is 0 Å². The normalized spacial score (nSPS) is 16.8. The molecule has 0 unspecified atom stereocenters. The largest absolute Gasteiger partial charge is 0.363 e. The Morgan fingerprint density at radius 1 is 1.10 bits per heavy atom. The van der Waals surface area contributed by atoms with Gasteiger partial charge in [-0.25, -0.2) is 0 Å². The Morgan fingerprint density at radius 3 is 2.28 bits per heavy atom. The lowest BCUT2D eigenvalue weighted by atomic mass is 9.88. The molecule has 0 radical (unpaired) electrons. The van der Waals surface area contributed by atoms with Crippen LogP contribution in [0.15, 0.2) is 30.3 Å². The number of hydrogen-bond donors (Lipinski definition) is 3. The number of rotatable bonds is 7. The molecule has 1 heterocycles. The van der Waals surface area contributed by atoms with Gasteiger partial charge in [0.15, 0.2) is 5.11 Å². The van der Waals surface area contributed by atoms with E-state index in [2.05, 4.69) is 34.7 Å². The molecule has 2 amide bonds. The van der Waals surface area contributed by atoms with E-state index in [9.17, 15) is 9.59 Å². The second kappa shape index (κ2) is 11.1. The Kier molecular flexibility index (Phi) is 8.89. The molecule has 6 nitrogen and oxygen atoms in total. The molecule has 2 rings (SSSR count). The van der Waals surface area contributed by atoms with Gasteiger partial charge in [-0.3, -0.25) is 9.59 Å². The fourth-order valence-electron chi connectivity index (χ4n) is 3.39. The molecule has 3 N–H and O–H groups in total. The SMILES string of the molecule is CCNC(=S)N1CCC([C@H](NC(=O)c2ccccc2)C(=O)N[C@@H](C)C(C)C)CC1. The van der Waals surface area contributed by atoms with Crippen LogP contribution in [-0.4, -0.2) is 53.5 Å². The Balaban J connectivity index is 2.09. The number of nitrogens with zero attached hydrogens (tertiary/aromatic N) is 1. The third kappa shape index (κ3) is 6.70. The number of hydrogen-bond acceptors (Lipinski definition) is 3. The lowest BCUT2D eigenvalue weighted by molar-refractivity contribution is -0.125. The minimum absolute atomic E-state index is 0.0417. The second-order valence-electron chi connectivity index (χ2n) is 8.02. The third-order valence-corrected chi connectivity index (χ3v) is 6.00. The van der Waals surface area contributed by atoms with Crippen LogP contribution in [0.1, 0.15) is 50.9 Å². The second-order valence-corrected chi connectivity index (χ2v) is 8.41. The van der Waals surface area contributed by atoms with Crippen LogP contribution in [-0.2, 0) is 4.79 Å². The molecule has 1 aliphatic heterocycles. The van der Waals surface area contributed by atoms with E-state index in [-0.39, 0.29) is 23.8 Å². The Hall–Kier alpha value is -2.15. The highest BCUT2D eigenvalue weighted by Gasteiger charge is 2.34. The summed E-state index contributed by atoms with van der Waals surface area (Å²) in [5, 5.41) is 10.0. The van der Waals surface area contributed by atoms with Gasteiger partial charge in [-0.1, -0.05) is 32.0 Å². The molecule has 0 aromatic heterocycles. The van der Waals surface area contributed by atoms with E-state index in [0.29, 0.717) is 11.5 Å². The smallest absolute Gasteiger partial charge is 0.251 e. The average molecular weight is 419 g/mol. The van der Waals surface area contributed by atoms with E-state index in [1.165, 1.54) is 0 Å². The minimum Gasteiger partial charge on any atom is -0.363 e. The summed E-state index contributed by atoms with van der Waals surface area (Å²) >= 11 is 5.41. The molecule has 7 heteroatoms. The summed E-state index contributed by atoms with van der Waals surface area (Å²) in [6.07, 6.45) is 1.60. The maximum Gasteiger partial charge on any atom is 0.251 e. The van der Waals surface area contributed by atoms with Crippen molar-refractivity contribution in [1.29, 1.82) is 0 Å². The van der Waals surface area contributed by atoms with E-state index in [4.69, 9.17) is 12.2 Å². The number of carbonyl (C=O) groups excluding carboxylic acids is 2. The van der Waals surface area contributed by atoms with Crippen molar-refractivity contribution in [1.82, 2.24) is 20.9 Å². The van der Waals surface area contributed by atoms with Crippen molar-refractivity contribution in [2.75, 3.05) is 19.6 Å². The maximum absolute atomic E-state index is 13.1. The van der Waals surface area contributed by atoms with Gasteiger partial charge in [0.2, 0.25) is 5.91 Å². The summed E-state index contributed by atoms with van der Waals surface area (Å²) in [6.45, 7) is 10.5. The summed E-state index contributed by atoms with van der Waals surface area (Å²) in [4.78, 5) is 28.0. The first-order valence-corrected chi connectivity index (χ1v) is 10.9. The third-order valence-electron chi connectivity index (χ3n) is 5.60. The van der Waals surface area contributed by atoms with Crippen molar-refractivity contribution in [2.24, 2.45) is 11.8 Å². The van der Waals surface area contributed by atoms with E-state index in [1.807, 2.05) is 32.0 Å². The first kappa shape index (κ1) is 23.1. The highest BCUT2D eigenvalue weighted by molar-refractivity contribution is 7.80. The number of carbonyl (C=O) groups is 2. The van der Waals surface area contributed by atoms with Gasteiger partial charge in [0.1, 0.15) is 6.04 Å². The zero-order valence-electron chi connectivity index (χ0n) is 17.9. The summed E-state index contributed by atoms with van der Waals surface area (Å²) in [5.74, 6) is 0.0724. The molecular formula is C22H34N4O2S. The van der Waals surface area contributed by atoms with E-state index in [1.54, 1.807) is 12.1 Å². The Labute approximate surface area is 179 Å². The first-order chi connectivity index (χ1) is 13.8. The zero-order valence-corrected chi connectivity index (χ0v) is 18.7. The highest BCUT2D eigenvalue weighted by atomic mass is 32.1. The van der Waals surface area contributed by atoms with E-state index < -0.39 is 6.04 Å². The number of nitrogens with one attached hydrogen (secondary N) is 3. The van der Waals surface area contributed by atoms with Gasteiger partial charge in [-0.2, -0.15) is 0 Å². The molecule has 160 valence electrons. The molecule has 1 aliphatic rings. The predicted molar refractivity (Wildman–Crippen MR) is 121 cm³/mol. The van der Waals surface area contributed by atoms with Gasteiger partial charge in [0.05, 0.1) is 0 Å². The number of thiocarbonyl (C=S) groups is 1. The number of likely N-dealkylation sites (tertiary alicyclic amines) is 1. The van der Waals surface area contributed by atoms with Crippen LogP contribution < -0.4 is 16.0 Å². The summed E-state index contributed by atoms with van der Waals surface area (Å²) < 4.78 is 0. The maximum atomic E-state index is 13.1. The minimum atomic E-state index is -0.557. The van der Waals surface area contributed by atoms with Gasteiger partial charge in [0.25, 0.3) is 5.91 Å². The molecule has 2 atom stereocenters. The predicted octanol–water partition coefficient (Wildman–Crippen LogP) is 2.55. The van der Waals surface area contributed by atoms with Gasteiger partial charge in [-0.05, 0) is 62.9 Å². The van der Waals surface area contributed by atoms with Crippen molar-refractivity contribution in [3.63, 3.8) is 0 Å². The highest BCUT2D eigenvalue weighted by Crippen LogP contribution is 2.22. The lowest BCUT2D eigenvalue weighted by Crippen LogP contribution is -2.56. The average Bonchev–Trinajstić information content (AvgIpc) is 2.72. The molecule has 0 bridgehead atoms. The monoisotopic (exact) mass is 418 g/mol. The van der Waals surface area contributed by atoms with Crippen molar-refractivity contribution in [3.8, 4) is 0 Å². The van der Waals surface area contributed by atoms with Crippen molar-refractivity contribution >= 4 is 29.1 Å². The standard InChI is InChI=1S/C22H34N4O2S/c1-5-23-22(29)26-13-11-17(12-14-26)19(21(28)24-16(4)15(2)3)25-20(27)18-9-7-6-8-10-18/h6-10,15-17,19H,5,11-14H2,1-4H3,(H,23,29)(H,24,28)(H,25,27)/t16-,19-/m0/s1. The summed E-state index contributed by atoms with van der Waals surface area (Å²) in [6, 6.07) is 8.53. The molecule has 0 saturated carbocycles. The molecule has 1 saturated heterocycles. The van der Waals surface area contributed by atoms with E-state index in [0.717, 1.165) is 37.6 Å². The molecule has 1 aromatic rings. The topological polar surface area (TPSA) is 73.5 Å². The Morgan fingerprint density at radius 2 is 1.72 bits per heavy atom. The van der Waals surface area contributed by atoms with Gasteiger partial charge < -0.3 is 20.9 Å². The molecule has 1 aromatic carbocycles. The van der Waals surface area contributed by atoms with Crippen LogP contribution >= 0.6 is 12.2 Å². The molecule has 0 aliphatic carbocycles. The zero-order chi connectivity index (χ0) is 21.4. The summed E-state index contributed by atoms with van der Waals surface area (Å²) in [5.41, 5.74) is 0.563. The Bertz CT molecular complexity index is 687. The fraction of sp³-hybridized carbons (Fsp3) is 0.591. The number of benzene rings is 1. The van der Waals surface area contributed by atoms with E-state index >= 15 is 0 Å². The van der Waals surface area contributed by atoms with Gasteiger partial charge in [-0.15, -0.1) is 0 Å². The van der Waals surface area contributed by atoms with Gasteiger partial charge >= 0.3 is 0 Å². The quantitative estimate of drug-likeness (QED) is 0.594. The van der Waals surface area contributed by atoms with Crippen molar-refractivity contribution in [3.05, 3.63) is 35.9 Å². The van der Waals surface area contributed by atoms with Crippen molar-refractivity contribution in [2.45, 2.75) is 52.6 Å². The fourth-order valence-corrected chi connectivity index (χ4v) is 3.72. The molecule has 29 heavy (non-hydrogen) atoms. The first-order valence-electron chi connectivity index (χ1n) is 10.5. The van der Waals surface area contributed by atoms with Crippen molar-refractivity contribution < 1.29 is 9.59 Å². The summed E-state index contributed by atoms with van der Waals surface area (Å²) in [7, 11) is 0. The lowest BCUT2D eigenvalue weighted by Gasteiger charge is -2.37. The van der Waals surface area contributed by atoms with Crippen LogP contribution in [0.3, 0.4) is 0 Å². The molecule has 1 fully saturated rings. The molecular weight excluding hydrogens is 384 g/mol. The van der Waals surface area contributed by atoms with Crippen LogP contribution in [0.25, 0.3) is 0 Å². The van der Waals surface area contributed by atoms with Crippen LogP contribution in [0.4, 0.5) is 0 Å². The van der Waals surface area contributed by atoms with Gasteiger partial charge in [0, 0.05) is 31.2 Å². The number of piperidine rings is 1. The van der Waals surface area contributed by atoms with Crippen LogP contribution in [0.2, 0.25) is 0 Å².